The number of hydrogen-bond acceptors (Lipinski definition) is 5. The van der Waals surface area contributed by atoms with Crippen LogP contribution in [0.15, 0.2) is 36.7 Å². The van der Waals surface area contributed by atoms with Crippen molar-refractivity contribution in [2.24, 2.45) is 0 Å². The zero-order valence-electron chi connectivity index (χ0n) is 12.5. The van der Waals surface area contributed by atoms with E-state index in [2.05, 4.69) is 17.2 Å². The summed E-state index contributed by atoms with van der Waals surface area (Å²) in [6, 6.07) is 7.37. The normalized spacial score (nSPS) is 12.0. The summed E-state index contributed by atoms with van der Waals surface area (Å²) in [6.07, 6.45) is 3.46. The first-order valence-corrected chi connectivity index (χ1v) is 6.73. The van der Waals surface area contributed by atoms with Gasteiger partial charge in [0.15, 0.2) is 11.5 Å². The molecule has 0 spiro atoms. The Labute approximate surface area is 124 Å². The fraction of sp³-hybridized carbons (Fsp3) is 0.312. The number of rotatable bonds is 6. The van der Waals surface area contributed by atoms with Gasteiger partial charge in [0.2, 0.25) is 0 Å². The Kier molecular flexibility index (Phi) is 5.00. The average molecular weight is 288 g/mol. The Morgan fingerprint density at radius 3 is 2.67 bits per heavy atom. The minimum Gasteiger partial charge on any atom is -0.504 e. The smallest absolute Gasteiger partial charge is 0.160 e. The van der Waals surface area contributed by atoms with E-state index in [1.165, 1.54) is 7.11 Å². The van der Waals surface area contributed by atoms with Gasteiger partial charge in [0, 0.05) is 24.3 Å². The van der Waals surface area contributed by atoms with E-state index in [-0.39, 0.29) is 11.8 Å². The van der Waals surface area contributed by atoms with Crippen molar-refractivity contribution in [3.8, 4) is 17.2 Å². The molecular weight excluding hydrogens is 268 g/mol. The maximum Gasteiger partial charge on any atom is 0.160 e. The van der Waals surface area contributed by atoms with Crippen LogP contribution in [0, 0.1) is 0 Å². The van der Waals surface area contributed by atoms with Crippen LogP contribution in [0.1, 0.15) is 24.1 Å². The molecule has 112 valence electrons. The van der Waals surface area contributed by atoms with Crippen LogP contribution in [0.4, 0.5) is 0 Å². The van der Waals surface area contributed by atoms with E-state index in [0.717, 1.165) is 16.9 Å². The third kappa shape index (κ3) is 3.64. The van der Waals surface area contributed by atoms with Crippen LogP contribution in [0.5, 0.6) is 17.2 Å². The number of methoxy groups -OCH3 is 2. The molecule has 0 saturated heterocycles. The molecule has 5 heteroatoms. The number of phenols is 1. The van der Waals surface area contributed by atoms with Gasteiger partial charge in [-0.2, -0.15) is 0 Å². The molecule has 0 radical (unpaired) electrons. The molecule has 2 N–H and O–H groups in total. The van der Waals surface area contributed by atoms with E-state index in [1.54, 1.807) is 25.6 Å². The van der Waals surface area contributed by atoms with Gasteiger partial charge in [0.25, 0.3) is 0 Å². The Morgan fingerprint density at radius 2 is 1.95 bits per heavy atom. The fourth-order valence-electron chi connectivity index (χ4n) is 2.13. The van der Waals surface area contributed by atoms with Gasteiger partial charge in [0.05, 0.1) is 20.4 Å². The van der Waals surface area contributed by atoms with Crippen molar-refractivity contribution < 1.29 is 14.6 Å². The van der Waals surface area contributed by atoms with Crippen LogP contribution < -0.4 is 14.8 Å². The predicted molar refractivity (Wildman–Crippen MR) is 80.7 cm³/mol. The molecule has 1 aromatic carbocycles. The molecular formula is C16H20N2O3. The summed E-state index contributed by atoms with van der Waals surface area (Å²) in [5.41, 5.74) is 2.09. The van der Waals surface area contributed by atoms with E-state index in [1.807, 2.05) is 18.2 Å². The Bertz CT molecular complexity index is 602. The summed E-state index contributed by atoms with van der Waals surface area (Å²) in [6.45, 7) is 2.72. The lowest BCUT2D eigenvalue weighted by Gasteiger charge is -2.17. The molecule has 5 nitrogen and oxygen atoms in total. The molecule has 2 aromatic rings. The largest absolute Gasteiger partial charge is 0.504 e. The summed E-state index contributed by atoms with van der Waals surface area (Å²) in [7, 11) is 3.18. The quantitative estimate of drug-likeness (QED) is 0.855. The van der Waals surface area contributed by atoms with Crippen LogP contribution in [-0.2, 0) is 6.54 Å². The number of nitrogens with zero attached hydrogens (tertiary/aromatic N) is 1. The lowest BCUT2D eigenvalue weighted by atomic mass is 10.1. The van der Waals surface area contributed by atoms with Crippen LogP contribution in [0.2, 0.25) is 0 Å². The molecule has 0 aliphatic heterocycles. The number of pyridine rings is 1. The van der Waals surface area contributed by atoms with Gasteiger partial charge in [-0.25, -0.2) is 0 Å². The molecule has 1 unspecified atom stereocenters. The molecule has 0 aliphatic carbocycles. The van der Waals surface area contributed by atoms with Crippen molar-refractivity contribution in [1.82, 2.24) is 10.3 Å². The molecule has 0 aliphatic rings. The second-order valence-corrected chi connectivity index (χ2v) is 4.73. The standard InChI is InChI=1S/C16H20N2O3/c1-11(13-6-7-17-10-16(13)21-3)18-9-12-4-5-14(19)15(8-12)20-2/h4-8,10-11,18-19H,9H2,1-3H3. The van der Waals surface area contributed by atoms with Gasteiger partial charge in [-0.15, -0.1) is 0 Å². The minimum atomic E-state index is 0.114. The third-order valence-corrected chi connectivity index (χ3v) is 3.36. The highest BCUT2D eigenvalue weighted by atomic mass is 16.5. The number of ether oxygens (including phenoxy) is 2. The van der Waals surface area contributed by atoms with E-state index < -0.39 is 0 Å². The van der Waals surface area contributed by atoms with Crippen molar-refractivity contribution in [1.29, 1.82) is 0 Å². The zero-order chi connectivity index (χ0) is 15.2. The van der Waals surface area contributed by atoms with Gasteiger partial charge in [-0.1, -0.05) is 6.07 Å². The maximum atomic E-state index is 9.59. The second-order valence-electron chi connectivity index (χ2n) is 4.73. The highest BCUT2D eigenvalue weighted by molar-refractivity contribution is 5.41. The van der Waals surface area contributed by atoms with E-state index >= 15 is 0 Å². The first-order chi connectivity index (χ1) is 10.2. The summed E-state index contributed by atoms with van der Waals surface area (Å²) in [4.78, 5) is 4.05. The highest BCUT2D eigenvalue weighted by Crippen LogP contribution is 2.27. The topological polar surface area (TPSA) is 63.6 Å². The van der Waals surface area contributed by atoms with Crippen molar-refractivity contribution in [3.05, 3.63) is 47.8 Å². The van der Waals surface area contributed by atoms with Crippen LogP contribution >= 0.6 is 0 Å². The third-order valence-electron chi connectivity index (χ3n) is 3.36. The molecule has 2 rings (SSSR count). The number of hydrogen-bond donors (Lipinski definition) is 2. The van der Waals surface area contributed by atoms with Crippen LogP contribution in [0.25, 0.3) is 0 Å². The van der Waals surface area contributed by atoms with Crippen molar-refractivity contribution in [2.45, 2.75) is 19.5 Å². The van der Waals surface area contributed by atoms with Crippen molar-refractivity contribution >= 4 is 0 Å². The zero-order valence-corrected chi connectivity index (χ0v) is 12.5. The molecule has 1 heterocycles. The summed E-state index contributed by atoms with van der Waals surface area (Å²) >= 11 is 0. The molecule has 0 amide bonds. The van der Waals surface area contributed by atoms with Crippen molar-refractivity contribution in [3.63, 3.8) is 0 Å². The lowest BCUT2D eigenvalue weighted by molar-refractivity contribution is 0.372. The molecule has 21 heavy (non-hydrogen) atoms. The molecule has 0 bridgehead atoms. The first-order valence-electron chi connectivity index (χ1n) is 6.73. The van der Waals surface area contributed by atoms with Gasteiger partial charge in [0.1, 0.15) is 5.75 Å². The van der Waals surface area contributed by atoms with E-state index in [4.69, 9.17) is 9.47 Å². The second kappa shape index (κ2) is 6.95. The minimum absolute atomic E-state index is 0.114. The SMILES string of the molecule is COc1cc(CNC(C)c2ccncc2OC)ccc1O. The summed E-state index contributed by atoms with van der Waals surface area (Å²) in [5, 5.41) is 13.0. The molecule has 0 saturated carbocycles. The first kappa shape index (κ1) is 15.1. The monoisotopic (exact) mass is 288 g/mol. The number of phenolic OH excluding ortho intramolecular Hbond substituents is 1. The van der Waals surface area contributed by atoms with Crippen LogP contribution in [0.3, 0.4) is 0 Å². The molecule has 1 aromatic heterocycles. The van der Waals surface area contributed by atoms with Gasteiger partial charge in [-0.05, 0) is 30.7 Å². The van der Waals surface area contributed by atoms with Crippen molar-refractivity contribution in [2.75, 3.05) is 14.2 Å². The maximum absolute atomic E-state index is 9.59. The summed E-state index contributed by atoms with van der Waals surface area (Å²) in [5.74, 6) is 1.38. The Hall–Kier alpha value is -2.27. The Morgan fingerprint density at radius 1 is 1.19 bits per heavy atom. The number of benzene rings is 1. The highest BCUT2D eigenvalue weighted by Gasteiger charge is 2.11. The van der Waals surface area contributed by atoms with Gasteiger partial charge >= 0.3 is 0 Å². The predicted octanol–water partition coefficient (Wildman–Crippen LogP) is 2.66. The fourth-order valence-corrected chi connectivity index (χ4v) is 2.13. The van der Waals surface area contributed by atoms with E-state index in [9.17, 15) is 5.11 Å². The average Bonchev–Trinajstić information content (AvgIpc) is 2.53. The lowest BCUT2D eigenvalue weighted by Crippen LogP contribution is -2.18. The Balaban J connectivity index is 2.05. The summed E-state index contributed by atoms with van der Waals surface area (Å²) < 4.78 is 10.4. The molecule has 1 atom stereocenters. The molecule has 0 fully saturated rings. The van der Waals surface area contributed by atoms with Gasteiger partial charge in [-0.3, -0.25) is 4.98 Å². The number of aromatic hydroxyl groups is 1. The van der Waals surface area contributed by atoms with E-state index in [0.29, 0.717) is 12.3 Å². The number of nitrogens with one attached hydrogen (secondary N) is 1. The van der Waals surface area contributed by atoms with Crippen LogP contribution in [-0.4, -0.2) is 24.3 Å². The van der Waals surface area contributed by atoms with Gasteiger partial charge < -0.3 is 19.9 Å². The number of aromatic nitrogens is 1.